The molecule has 0 unspecified atom stereocenters. The number of rotatable bonds is 3. The van der Waals surface area contributed by atoms with Crippen LogP contribution in [-0.2, 0) is 9.53 Å². The van der Waals surface area contributed by atoms with E-state index in [4.69, 9.17) is 15.6 Å². The van der Waals surface area contributed by atoms with Crippen molar-refractivity contribution in [2.45, 2.75) is 18.9 Å². The van der Waals surface area contributed by atoms with Crippen LogP contribution in [0.2, 0.25) is 0 Å². The van der Waals surface area contributed by atoms with Gasteiger partial charge in [0.2, 0.25) is 0 Å². The second kappa shape index (κ2) is 3.69. The molecule has 1 heterocycles. The largest absolute Gasteiger partial charge is 0.480 e. The Morgan fingerprint density at radius 3 is 3.00 bits per heavy atom. The van der Waals surface area contributed by atoms with Crippen LogP contribution in [0.5, 0.6) is 0 Å². The SMILES string of the molecule is N[C@H](C[C@@H]1CCOC1)C(=O)O. The lowest BCUT2D eigenvalue weighted by Crippen LogP contribution is -2.32. The predicted molar refractivity (Wildman–Crippen MR) is 39.2 cm³/mol. The summed E-state index contributed by atoms with van der Waals surface area (Å²) in [5, 5.41) is 8.48. The topological polar surface area (TPSA) is 72.5 Å². The quantitative estimate of drug-likeness (QED) is 0.599. The zero-order chi connectivity index (χ0) is 8.27. The van der Waals surface area contributed by atoms with Gasteiger partial charge in [-0.15, -0.1) is 0 Å². The third-order valence-corrected chi connectivity index (χ3v) is 1.93. The molecule has 1 fully saturated rings. The van der Waals surface area contributed by atoms with Gasteiger partial charge in [-0.25, -0.2) is 0 Å². The zero-order valence-corrected chi connectivity index (χ0v) is 6.32. The fourth-order valence-corrected chi connectivity index (χ4v) is 1.23. The number of carboxylic acids is 1. The van der Waals surface area contributed by atoms with Gasteiger partial charge in [0.1, 0.15) is 6.04 Å². The van der Waals surface area contributed by atoms with Crippen molar-refractivity contribution in [3.05, 3.63) is 0 Å². The Bertz CT molecular complexity index is 143. The molecule has 2 atom stereocenters. The van der Waals surface area contributed by atoms with Crippen LogP contribution in [0, 0.1) is 5.92 Å². The standard InChI is InChI=1S/C7H13NO3/c8-6(7(9)10)3-5-1-2-11-4-5/h5-6H,1-4,8H2,(H,9,10)/t5-,6+/m0/s1. The van der Waals surface area contributed by atoms with E-state index in [-0.39, 0.29) is 0 Å². The summed E-state index contributed by atoms with van der Waals surface area (Å²) >= 11 is 0. The maximum Gasteiger partial charge on any atom is 0.320 e. The van der Waals surface area contributed by atoms with Crippen molar-refractivity contribution in [2.24, 2.45) is 11.7 Å². The van der Waals surface area contributed by atoms with Crippen molar-refractivity contribution in [2.75, 3.05) is 13.2 Å². The lowest BCUT2D eigenvalue weighted by molar-refractivity contribution is -0.138. The van der Waals surface area contributed by atoms with Crippen LogP contribution in [-0.4, -0.2) is 30.3 Å². The highest BCUT2D eigenvalue weighted by molar-refractivity contribution is 5.73. The monoisotopic (exact) mass is 159 g/mol. The fourth-order valence-electron chi connectivity index (χ4n) is 1.23. The highest BCUT2D eigenvalue weighted by Crippen LogP contribution is 2.17. The van der Waals surface area contributed by atoms with E-state index in [9.17, 15) is 4.79 Å². The van der Waals surface area contributed by atoms with Crippen molar-refractivity contribution in [1.29, 1.82) is 0 Å². The molecule has 0 aromatic carbocycles. The molecule has 3 N–H and O–H groups in total. The highest BCUT2D eigenvalue weighted by atomic mass is 16.5. The average Bonchev–Trinajstić information content (AvgIpc) is 2.39. The Morgan fingerprint density at radius 1 is 1.82 bits per heavy atom. The number of hydrogen-bond donors (Lipinski definition) is 2. The molecule has 1 rings (SSSR count). The van der Waals surface area contributed by atoms with E-state index < -0.39 is 12.0 Å². The molecule has 0 saturated carbocycles. The maximum atomic E-state index is 10.3. The molecule has 0 bridgehead atoms. The van der Waals surface area contributed by atoms with E-state index >= 15 is 0 Å². The normalized spacial score (nSPS) is 26.8. The van der Waals surface area contributed by atoms with Gasteiger partial charge in [-0.3, -0.25) is 4.79 Å². The van der Waals surface area contributed by atoms with Gasteiger partial charge in [0, 0.05) is 13.2 Å². The molecule has 0 spiro atoms. The lowest BCUT2D eigenvalue weighted by atomic mass is 10.00. The van der Waals surface area contributed by atoms with Crippen molar-refractivity contribution in [3.63, 3.8) is 0 Å². The molecule has 1 aliphatic rings. The van der Waals surface area contributed by atoms with Gasteiger partial charge in [-0.05, 0) is 18.8 Å². The molecular formula is C7H13NO3. The number of hydrogen-bond acceptors (Lipinski definition) is 3. The van der Waals surface area contributed by atoms with E-state index in [1.54, 1.807) is 0 Å². The Balaban J connectivity index is 2.23. The summed E-state index contributed by atoms with van der Waals surface area (Å²) in [5.74, 6) is -0.571. The van der Waals surface area contributed by atoms with Gasteiger partial charge in [-0.1, -0.05) is 0 Å². The van der Waals surface area contributed by atoms with Crippen LogP contribution in [0.4, 0.5) is 0 Å². The molecule has 1 saturated heterocycles. The minimum absolute atomic E-state index is 0.348. The van der Waals surface area contributed by atoms with E-state index in [1.807, 2.05) is 0 Å². The first-order valence-corrected chi connectivity index (χ1v) is 3.76. The van der Waals surface area contributed by atoms with Gasteiger partial charge < -0.3 is 15.6 Å². The van der Waals surface area contributed by atoms with Crippen LogP contribution in [0.1, 0.15) is 12.8 Å². The first-order valence-electron chi connectivity index (χ1n) is 3.76. The van der Waals surface area contributed by atoms with Crippen LogP contribution < -0.4 is 5.73 Å². The Hall–Kier alpha value is -0.610. The van der Waals surface area contributed by atoms with Gasteiger partial charge in [-0.2, -0.15) is 0 Å². The van der Waals surface area contributed by atoms with Crippen LogP contribution in [0.15, 0.2) is 0 Å². The third-order valence-electron chi connectivity index (χ3n) is 1.93. The van der Waals surface area contributed by atoms with Gasteiger partial charge in [0.05, 0.1) is 0 Å². The summed E-state index contributed by atoms with van der Waals surface area (Å²) in [6.45, 7) is 1.41. The van der Waals surface area contributed by atoms with Crippen molar-refractivity contribution in [1.82, 2.24) is 0 Å². The smallest absolute Gasteiger partial charge is 0.320 e. The van der Waals surface area contributed by atoms with E-state index in [1.165, 1.54) is 0 Å². The Kier molecular flexibility index (Phi) is 2.84. The summed E-state index contributed by atoms with van der Waals surface area (Å²) in [4.78, 5) is 10.3. The molecule has 0 aliphatic carbocycles. The molecule has 0 amide bonds. The highest BCUT2D eigenvalue weighted by Gasteiger charge is 2.21. The molecule has 0 aromatic rings. The zero-order valence-electron chi connectivity index (χ0n) is 6.32. The summed E-state index contributed by atoms with van der Waals surface area (Å²) < 4.78 is 5.09. The van der Waals surface area contributed by atoms with E-state index in [2.05, 4.69) is 0 Å². The number of carboxylic acid groups (broad SMARTS) is 1. The molecule has 0 aromatic heterocycles. The molecular weight excluding hydrogens is 146 g/mol. The van der Waals surface area contributed by atoms with Crippen LogP contribution in [0.25, 0.3) is 0 Å². The molecule has 1 aliphatic heterocycles. The summed E-state index contributed by atoms with van der Waals surface area (Å²) in [6.07, 6.45) is 1.48. The summed E-state index contributed by atoms with van der Waals surface area (Å²) in [6, 6.07) is -0.721. The lowest BCUT2D eigenvalue weighted by Gasteiger charge is -2.10. The fraction of sp³-hybridized carbons (Fsp3) is 0.857. The number of ether oxygens (including phenoxy) is 1. The van der Waals surface area contributed by atoms with Crippen molar-refractivity contribution >= 4 is 5.97 Å². The number of carbonyl (C=O) groups is 1. The molecule has 4 nitrogen and oxygen atoms in total. The average molecular weight is 159 g/mol. The second-order valence-electron chi connectivity index (χ2n) is 2.91. The summed E-state index contributed by atoms with van der Waals surface area (Å²) in [5.41, 5.74) is 5.34. The van der Waals surface area contributed by atoms with E-state index in [0.717, 1.165) is 13.0 Å². The Morgan fingerprint density at radius 2 is 2.55 bits per heavy atom. The molecule has 0 radical (unpaired) electrons. The second-order valence-corrected chi connectivity index (χ2v) is 2.91. The van der Waals surface area contributed by atoms with Gasteiger partial charge in [0.15, 0.2) is 0 Å². The van der Waals surface area contributed by atoms with Crippen molar-refractivity contribution in [3.8, 4) is 0 Å². The minimum Gasteiger partial charge on any atom is -0.480 e. The molecule has 11 heavy (non-hydrogen) atoms. The van der Waals surface area contributed by atoms with Crippen molar-refractivity contribution < 1.29 is 14.6 Å². The molecule has 64 valence electrons. The first-order chi connectivity index (χ1) is 5.20. The third kappa shape index (κ3) is 2.48. The van der Waals surface area contributed by atoms with E-state index in [0.29, 0.717) is 18.9 Å². The number of aliphatic carboxylic acids is 1. The minimum atomic E-state index is -0.920. The first kappa shape index (κ1) is 8.49. The van der Waals surface area contributed by atoms with Crippen LogP contribution >= 0.6 is 0 Å². The summed E-state index contributed by atoms with van der Waals surface area (Å²) in [7, 11) is 0. The maximum absolute atomic E-state index is 10.3. The Labute approximate surface area is 65.3 Å². The van der Waals surface area contributed by atoms with Crippen LogP contribution in [0.3, 0.4) is 0 Å². The van der Waals surface area contributed by atoms with Gasteiger partial charge in [0.25, 0.3) is 0 Å². The van der Waals surface area contributed by atoms with Gasteiger partial charge >= 0.3 is 5.97 Å². The molecule has 4 heteroatoms. The number of nitrogens with two attached hydrogens (primary N) is 1. The predicted octanol–water partition coefficient (Wildman–Crippen LogP) is -0.175.